The van der Waals surface area contributed by atoms with Crippen LogP contribution in [0.5, 0.6) is 0 Å². The molecule has 0 saturated heterocycles. The third-order valence-corrected chi connectivity index (χ3v) is 0.940. The predicted molar refractivity (Wildman–Crippen MR) is 22.4 cm³/mol. The average Bonchev–Trinajstić information content (AvgIpc) is 2.12. The van der Waals surface area contributed by atoms with E-state index in [2.05, 4.69) is 13.3 Å². The highest BCUT2D eigenvalue weighted by molar-refractivity contribution is 4.94. The zero-order valence-corrected chi connectivity index (χ0v) is 3.28. The smallest absolute Gasteiger partial charge is 0.0352 e. The lowest BCUT2D eigenvalue weighted by Crippen LogP contribution is -1.60. The Hall–Kier alpha value is 0. The van der Waals surface area contributed by atoms with Gasteiger partial charge in [-0.2, -0.15) is 0 Å². The molecule has 0 nitrogen and oxygen atoms in total. The molecule has 28 valence electrons. The van der Waals surface area contributed by atoms with Crippen molar-refractivity contribution in [3.63, 3.8) is 0 Å². The van der Waals surface area contributed by atoms with Gasteiger partial charge in [0.25, 0.3) is 0 Å². The maximum Gasteiger partial charge on any atom is -0.0352 e. The maximum atomic E-state index is 3.72. The minimum atomic E-state index is 0.898. The van der Waals surface area contributed by atoms with Crippen molar-refractivity contribution in [1.29, 1.82) is 0 Å². The molecule has 0 aromatic heterocycles. The molecule has 0 heterocycles. The summed E-state index contributed by atoms with van der Waals surface area (Å²) in [5, 5.41) is 0. The van der Waals surface area contributed by atoms with E-state index in [1.165, 1.54) is 6.42 Å². The normalized spacial score (nSPS) is 23.4. The largest absolute Gasteiger partial charge is 0.0530 e. The monoisotopic (exact) mass is 68.1 g/mol. The highest BCUT2D eigenvalue weighted by Gasteiger charge is 2.17. The van der Waals surface area contributed by atoms with Crippen LogP contribution in [0.25, 0.3) is 0 Å². The van der Waals surface area contributed by atoms with Crippen LogP contribution < -0.4 is 0 Å². The second-order valence-electron chi connectivity index (χ2n) is 1.52. The fourth-order valence-electron chi connectivity index (χ4n) is 0.332. The Labute approximate surface area is 33.2 Å². The van der Waals surface area contributed by atoms with Gasteiger partial charge in [0.05, 0.1) is 0 Å². The van der Waals surface area contributed by atoms with E-state index in [1.807, 2.05) is 0 Å². The van der Waals surface area contributed by atoms with E-state index in [0.717, 1.165) is 12.3 Å². The van der Waals surface area contributed by atoms with Gasteiger partial charge in [-0.1, -0.05) is 13.3 Å². The van der Waals surface area contributed by atoms with Gasteiger partial charge in [0.15, 0.2) is 0 Å². The molecule has 1 aliphatic carbocycles. The van der Waals surface area contributed by atoms with E-state index in [-0.39, 0.29) is 0 Å². The van der Waals surface area contributed by atoms with Crippen LogP contribution in [-0.2, 0) is 0 Å². The Kier molecular flexibility index (Phi) is 0.640. The van der Waals surface area contributed by atoms with Gasteiger partial charge >= 0.3 is 0 Å². The molecular formula is C5H8. The summed E-state index contributed by atoms with van der Waals surface area (Å²) in [5.74, 6) is 0.898. The first-order valence-electron chi connectivity index (χ1n) is 2.06. The Balaban J connectivity index is 2.00. The summed E-state index contributed by atoms with van der Waals surface area (Å²) in [6.45, 7) is 3.72. The highest BCUT2D eigenvalue weighted by Crippen LogP contribution is 2.29. The highest BCUT2D eigenvalue weighted by atomic mass is 14.2. The molecule has 0 aromatic rings. The second-order valence-corrected chi connectivity index (χ2v) is 1.52. The third kappa shape index (κ3) is 0.640. The summed E-state index contributed by atoms with van der Waals surface area (Å²) in [5.41, 5.74) is 0. The molecule has 1 rings (SSSR count). The summed E-state index contributed by atoms with van der Waals surface area (Å²) in [4.78, 5) is 0. The van der Waals surface area contributed by atoms with Crippen molar-refractivity contribution in [2.24, 2.45) is 5.92 Å². The number of rotatable bonds is 1. The third-order valence-electron chi connectivity index (χ3n) is 0.940. The molecule has 1 unspecified atom stereocenters. The first-order chi connectivity index (χ1) is 2.43. The van der Waals surface area contributed by atoms with Crippen LogP contribution >= 0.6 is 0 Å². The lowest BCUT2D eigenvalue weighted by Gasteiger charge is -1.72. The van der Waals surface area contributed by atoms with Crippen LogP contribution in [0.2, 0.25) is 0 Å². The maximum absolute atomic E-state index is 3.72. The lowest BCUT2D eigenvalue weighted by atomic mass is 10.3. The SMILES string of the molecule is [CH2]CC1[CH]C1. The molecule has 2 radical (unpaired) electrons. The Morgan fingerprint density at radius 3 is 2.60 bits per heavy atom. The number of hydrogen-bond acceptors (Lipinski definition) is 0. The van der Waals surface area contributed by atoms with Crippen LogP contribution in [0.3, 0.4) is 0 Å². The van der Waals surface area contributed by atoms with Crippen LogP contribution in [-0.4, -0.2) is 0 Å². The zero-order valence-electron chi connectivity index (χ0n) is 3.28. The van der Waals surface area contributed by atoms with E-state index in [4.69, 9.17) is 0 Å². The fourth-order valence-corrected chi connectivity index (χ4v) is 0.332. The van der Waals surface area contributed by atoms with Gasteiger partial charge in [-0.05, 0) is 18.8 Å². The van der Waals surface area contributed by atoms with Crippen molar-refractivity contribution in [2.45, 2.75) is 12.8 Å². The molecule has 0 N–H and O–H groups in total. The van der Waals surface area contributed by atoms with Gasteiger partial charge in [-0.25, -0.2) is 0 Å². The average molecular weight is 68.1 g/mol. The van der Waals surface area contributed by atoms with Crippen molar-refractivity contribution in [3.8, 4) is 0 Å². The van der Waals surface area contributed by atoms with E-state index in [1.54, 1.807) is 0 Å². The van der Waals surface area contributed by atoms with E-state index in [9.17, 15) is 0 Å². The minimum absolute atomic E-state index is 0.898. The molecule has 0 spiro atoms. The van der Waals surface area contributed by atoms with Crippen molar-refractivity contribution in [2.75, 3.05) is 0 Å². The van der Waals surface area contributed by atoms with Gasteiger partial charge in [0, 0.05) is 0 Å². The fraction of sp³-hybridized carbons (Fsp3) is 0.600. The van der Waals surface area contributed by atoms with E-state index < -0.39 is 0 Å². The molecular weight excluding hydrogens is 60.1 g/mol. The van der Waals surface area contributed by atoms with Crippen LogP contribution in [0.1, 0.15) is 12.8 Å². The molecule has 5 heavy (non-hydrogen) atoms. The Morgan fingerprint density at radius 2 is 2.60 bits per heavy atom. The van der Waals surface area contributed by atoms with Gasteiger partial charge in [0.2, 0.25) is 0 Å². The van der Waals surface area contributed by atoms with E-state index in [0.29, 0.717) is 0 Å². The van der Waals surface area contributed by atoms with Gasteiger partial charge in [-0.3, -0.25) is 0 Å². The molecule has 0 aromatic carbocycles. The van der Waals surface area contributed by atoms with Crippen LogP contribution in [0.15, 0.2) is 0 Å². The quantitative estimate of drug-likeness (QED) is 0.436. The molecule has 0 bridgehead atoms. The first-order valence-corrected chi connectivity index (χ1v) is 2.06. The van der Waals surface area contributed by atoms with Gasteiger partial charge in [0.1, 0.15) is 0 Å². The summed E-state index contributed by atoms with van der Waals surface area (Å²) in [6.07, 6.45) is 4.72. The summed E-state index contributed by atoms with van der Waals surface area (Å²) >= 11 is 0. The Bertz CT molecular complexity index is 27.0. The molecule has 1 aliphatic rings. The molecule has 0 amide bonds. The van der Waals surface area contributed by atoms with Gasteiger partial charge < -0.3 is 0 Å². The summed E-state index contributed by atoms with van der Waals surface area (Å²) in [6, 6.07) is 0. The first kappa shape index (κ1) is 3.20. The van der Waals surface area contributed by atoms with Crippen molar-refractivity contribution in [1.82, 2.24) is 0 Å². The van der Waals surface area contributed by atoms with Crippen molar-refractivity contribution in [3.05, 3.63) is 13.3 Å². The zero-order chi connectivity index (χ0) is 3.70. The van der Waals surface area contributed by atoms with Gasteiger partial charge in [-0.15, -0.1) is 0 Å². The summed E-state index contributed by atoms with van der Waals surface area (Å²) in [7, 11) is 0. The minimum Gasteiger partial charge on any atom is -0.0530 e. The molecule has 1 fully saturated rings. The van der Waals surface area contributed by atoms with E-state index >= 15 is 0 Å². The molecule has 0 heteroatoms. The Morgan fingerprint density at radius 1 is 2.00 bits per heavy atom. The molecule has 0 aliphatic heterocycles. The van der Waals surface area contributed by atoms with Crippen LogP contribution in [0.4, 0.5) is 0 Å². The van der Waals surface area contributed by atoms with Crippen molar-refractivity contribution >= 4 is 0 Å². The molecule has 1 saturated carbocycles. The standard InChI is InChI=1S/C5H8/c1-2-5-3-4-5/h3,5H,1-2,4H2. The van der Waals surface area contributed by atoms with Crippen molar-refractivity contribution < 1.29 is 0 Å². The second kappa shape index (κ2) is 1.00. The lowest BCUT2D eigenvalue weighted by molar-refractivity contribution is 0.890. The van der Waals surface area contributed by atoms with Crippen LogP contribution in [0, 0.1) is 19.3 Å². The molecule has 1 atom stereocenters. The topological polar surface area (TPSA) is 0 Å². The summed E-state index contributed by atoms with van der Waals surface area (Å²) < 4.78 is 0. The number of hydrogen-bond donors (Lipinski definition) is 0. The predicted octanol–water partition coefficient (Wildman–Crippen LogP) is 1.43.